The molecule has 0 unspecified atom stereocenters. The van der Waals surface area contributed by atoms with Crippen LogP contribution < -0.4 is 11.1 Å². The number of anilines is 2. The van der Waals surface area contributed by atoms with Crippen molar-refractivity contribution in [2.45, 2.75) is 24.0 Å². The summed E-state index contributed by atoms with van der Waals surface area (Å²) >= 11 is 0. The van der Waals surface area contributed by atoms with Crippen molar-refractivity contribution < 1.29 is 24.9 Å². The number of benzene rings is 1. The van der Waals surface area contributed by atoms with E-state index in [1.54, 1.807) is 31.3 Å². The summed E-state index contributed by atoms with van der Waals surface area (Å²) in [5.41, 5.74) is 4.77. The number of carbonyl (C=O) groups is 1. The minimum atomic E-state index is -2.13. The molecule has 4 atom stereocenters. The number of nitrogens with one attached hydrogen (secondary N) is 1. The van der Waals surface area contributed by atoms with Gasteiger partial charge in [0.05, 0.1) is 6.61 Å². The normalized spacial score (nSPS) is 26.7. The van der Waals surface area contributed by atoms with E-state index in [1.165, 1.54) is 17.2 Å². The van der Waals surface area contributed by atoms with Crippen molar-refractivity contribution in [1.82, 2.24) is 19.5 Å². The Labute approximate surface area is 164 Å². The Morgan fingerprint density at radius 2 is 2.07 bits per heavy atom. The lowest BCUT2D eigenvalue weighted by atomic mass is 9.92. The van der Waals surface area contributed by atoms with Crippen LogP contribution in [0.2, 0.25) is 0 Å². The summed E-state index contributed by atoms with van der Waals surface area (Å²) in [6.07, 6.45) is -2.01. The van der Waals surface area contributed by atoms with E-state index in [1.807, 2.05) is 0 Å². The van der Waals surface area contributed by atoms with E-state index >= 15 is 0 Å². The molecular formula is C18H20N6O5. The van der Waals surface area contributed by atoms with Crippen LogP contribution in [0.3, 0.4) is 0 Å². The number of nitrogens with two attached hydrogens (primary N) is 1. The van der Waals surface area contributed by atoms with E-state index in [-0.39, 0.29) is 22.5 Å². The summed E-state index contributed by atoms with van der Waals surface area (Å²) < 4.78 is 7.05. The number of aliphatic hydroxyl groups excluding tert-OH is 3. The van der Waals surface area contributed by atoms with Crippen LogP contribution in [0.5, 0.6) is 0 Å². The van der Waals surface area contributed by atoms with Crippen LogP contribution in [0, 0.1) is 0 Å². The van der Waals surface area contributed by atoms with Gasteiger partial charge in [0.1, 0.15) is 36.5 Å². The quantitative estimate of drug-likeness (QED) is 0.338. The summed E-state index contributed by atoms with van der Waals surface area (Å²) in [7, 11) is 1.65. The number of carbonyl (C=O) groups excluding carboxylic acids is 1. The van der Waals surface area contributed by atoms with Gasteiger partial charge in [0, 0.05) is 18.3 Å². The van der Waals surface area contributed by atoms with Crippen LogP contribution in [-0.4, -0.2) is 72.6 Å². The number of rotatable bonds is 5. The average Bonchev–Trinajstić information content (AvgIpc) is 3.29. The van der Waals surface area contributed by atoms with Crippen molar-refractivity contribution in [1.29, 1.82) is 0 Å². The van der Waals surface area contributed by atoms with Crippen molar-refractivity contribution in [3.8, 4) is 0 Å². The van der Waals surface area contributed by atoms with Gasteiger partial charge in [0.25, 0.3) is 0 Å². The first kappa shape index (κ1) is 19.2. The molecule has 6 N–H and O–H groups in total. The molecule has 0 saturated carbocycles. The molecule has 1 aromatic carbocycles. The van der Waals surface area contributed by atoms with Gasteiger partial charge >= 0.3 is 0 Å². The maximum absolute atomic E-state index is 13.8. The van der Waals surface area contributed by atoms with Crippen LogP contribution in [0.1, 0.15) is 10.4 Å². The highest BCUT2D eigenvalue weighted by Crippen LogP contribution is 2.41. The second-order valence-electron chi connectivity index (χ2n) is 6.64. The van der Waals surface area contributed by atoms with Crippen LogP contribution >= 0.6 is 0 Å². The van der Waals surface area contributed by atoms with Gasteiger partial charge in [0.2, 0.25) is 11.5 Å². The predicted octanol–water partition coefficient (Wildman–Crippen LogP) is -0.901. The first-order valence-electron chi connectivity index (χ1n) is 8.86. The zero-order chi connectivity index (χ0) is 20.8. The lowest BCUT2D eigenvalue weighted by Gasteiger charge is -2.32. The predicted molar refractivity (Wildman–Crippen MR) is 102 cm³/mol. The van der Waals surface area contributed by atoms with Crippen molar-refractivity contribution in [3.63, 3.8) is 0 Å². The highest BCUT2D eigenvalue weighted by molar-refractivity contribution is 6.06. The molecule has 0 aliphatic carbocycles. The first-order chi connectivity index (χ1) is 14.0. The van der Waals surface area contributed by atoms with Crippen LogP contribution in [0.25, 0.3) is 11.2 Å². The third kappa shape index (κ3) is 2.67. The van der Waals surface area contributed by atoms with Gasteiger partial charge in [-0.25, -0.2) is 15.0 Å². The molecular weight excluding hydrogens is 380 g/mol. The number of ketones is 1. The fourth-order valence-electron chi connectivity index (χ4n) is 3.63. The summed E-state index contributed by atoms with van der Waals surface area (Å²) in [4.78, 5) is 25.9. The molecule has 152 valence electrons. The number of ether oxygens (including phenoxy) is 1. The maximum atomic E-state index is 13.8. The van der Waals surface area contributed by atoms with E-state index < -0.39 is 36.4 Å². The van der Waals surface area contributed by atoms with Crippen LogP contribution in [-0.2, 0) is 10.5 Å². The fraction of sp³-hybridized carbons (Fsp3) is 0.333. The topological polar surface area (TPSA) is 169 Å². The molecule has 1 fully saturated rings. The lowest BCUT2D eigenvalue weighted by molar-refractivity contribution is -0.113. The molecule has 2 aromatic heterocycles. The van der Waals surface area contributed by atoms with Crippen LogP contribution in [0.15, 0.2) is 36.9 Å². The Kier molecular flexibility index (Phi) is 4.67. The van der Waals surface area contributed by atoms with Gasteiger partial charge in [-0.3, -0.25) is 9.36 Å². The number of aromatic nitrogens is 4. The zero-order valence-electron chi connectivity index (χ0n) is 15.4. The summed E-state index contributed by atoms with van der Waals surface area (Å²) in [5.74, 6) is -0.569. The molecule has 0 amide bonds. The molecule has 1 aliphatic rings. The highest BCUT2D eigenvalue weighted by Gasteiger charge is 2.61. The minimum absolute atomic E-state index is 0.0821. The molecule has 0 bridgehead atoms. The number of nitrogen functional groups attached to an aromatic ring is 1. The Morgan fingerprint density at radius 3 is 2.76 bits per heavy atom. The molecule has 0 radical (unpaired) electrons. The standard InChI is InChI=1S/C18H20N6O5/c1-20-10-5-3-2-4-9(10)14(27)18(15(28)13(26)11(6-25)29-18)24-8-23-12-16(19)21-7-22-17(12)24/h2-5,7-8,11,13,15,20,25-26,28H,6H2,1H3,(H2,19,21,22)/t11-,13-,15-,18-/m1/s1. The summed E-state index contributed by atoms with van der Waals surface area (Å²) in [5, 5.41) is 33.9. The van der Waals surface area contributed by atoms with E-state index in [9.17, 15) is 20.1 Å². The third-order valence-corrected chi connectivity index (χ3v) is 5.10. The van der Waals surface area contributed by atoms with Crippen LogP contribution in [0.4, 0.5) is 11.5 Å². The third-order valence-electron chi connectivity index (χ3n) is 5.10. The van der Waals surface area contributed by atoms with E-state index in [0.29, 0.717) is 5.69 Å². The first-order valence-corrected chi connectivity index (χ1v) is 8.86. The number of imidazole rings is 1. The molecule has 4 rings (SSSR count). The number of hydrogen-bond donors (Lipinski definition) is 5. The lowest BCUT2D eigenvalue weighted by Crippen LogP contribution is -2.52. The second-order valence-corrected chi connectivity index (χ2v) is 6.64. The maximum Gasteiger partial charge on any atom is 0.241 e. The number of para-hydroxylation sites is 1. The Bertz CT molecular complexity index is 1070. The molecule has 11 nitrogen and oxygen atoms in total. The zero-order valence-corrected chi connectivity index (χ0v) is 15.4. The SMILES string of the molecule is CNc1ccccc1C(=O)[C@@]1(n2cnc3c(N)ncnc32)O[C@H](CO)[C@@H](O)[C@H]1O. The second kappa shape index (κ2) is 7.04. The minimum Gasteiger partial charge on any atom is -0.394 e. The molecule has 1 saturated heterocycles. The van der Waals surface area contributed by atoms with E-state index in [4.69, 9.17) is 10.5 Å². The monoisotopic (exact) mass is 400 g/mol. The van der Waals surface area contributed by atoms with Gasteiger partial charge in [-0.2, -0.15) is 0 Å². The number of nitrogens with zero attached hydrogens (tertiary/aromatic N) is 4. The largest absolute Gasteiger partial charge is 0.394 e. The number of aliphatic hydroxyl groups is 3. The van der Waals surface area contributed by atoms with Crippen molar-refractivity contribution >= 4 is 28.5 Å². The van der Waals surface area contributed by atoms with Gasteiger partial charge in [-0.15, -0.1) is 0 Å². The Hall–Kier alpha value is -3.12. The smallest absolute Gasteiger partial charge is 0.241 e. The average molecular weight is 400 g/mol. The molecule has 0 spiro atoms. The fourth-order valence-corrected chi connectivity index (χ4v) is 3.63. The van der Waals surface area contributed by atoms with Gasteiger partial charge in [-0.05, 0) is 12.1 Å². The number of fused-ring (bicyclic) bond motifs is 1. The molecule has 3 aromatic rings. The van der Waals surface area contributed by atoms with Gasteiger partial charge < -0.3 is 31.1 Å². The molecule has 11 heteroatoms. The van der Waals surface area contributed by atoms with Crippen molar-refractivity contribution in [2.24, 2.45) is 0 Å². The van der Waals surface area contributed by atoms with E-state index in [2.05, 4.69) is 20.3 Å². The number of Topliss-reactive ketones (excluding diaryl/α,β-unsaturated/α-hetero) is 1. The Morgan fingerprint density at radius 1 is 1.31 bits per heavy atom. The summed E-state index contributed by atoms with van der Waals surface area (Å²) in [6.45, 7) is -0.606. The molecule has 1 aliphatic heterocycles. The van der Waals surface area contributed by atoms with Crippen molar-refractivity contribution in [2.75, 3.05) is 24.7 Å². The van der Waals surface area contributed by atoms with Crippen molar-refractivity contribution in [3.05, 3.63) is 42.5 Å². The molecule has 29 heavy (non-hydrogen) atoms. The van der Waals surface area contributed by atoms with Gasteiger partial charge in [0.15, 0.2) is 11.5 Å². The Balaban J connectivity index is 1.99. The molecule has 3 heterocycles. The number of hydrogen-bond acceptors (Lipinski definition) is 10. The van der Waals surface area contributed by atoms with Gasteiger partial charge in [-0.1, -0.05) is 12.1 Å². The van der Waals surface area contributed by atoms with E-state index in [0.717, 1.165) is 0 Å². The summed E-state index contributed by atoms with van der Waals surface area (Å²) in [6, 6.07) is 6.66. The highest BCUT2D eigenvalue weighted by atomic mass is 16.6.